The summed E-state index contributed by atoms with van der Waals surface area (Å²) >= 11 is 0. The first-order valence-electron chi connectivity index (χ1n) is 6.37. The Balaban J connectivity index is 3.45. The monoisotopic (exact) mass is 326 g/mol. The molecule has 0 heterocycles. The van der Waals surface area contributed by atoms with Crippen LogP contribution in [0.5, 0.6) is 0 Å². The second-order valence-corrected chi connectivity index (χ2v) is 7.22. The van der Waals surface area contributed by atoms with Crippen LogP contribution in [0.1, 0.15) is 36.7 Å². The standard InChI is InChI=1S/C13H18N4O4S/c1-13(2,3)16-22(19,20)11-7-9(8-15-17-14)5-6-10(11)12(18)21-4/h5-7,16H,8H2,1-4H3. The van der Waals surface area contributed by atoms with Gasteiger partial charge in [0, 0.05) is 10.5 Å². The van der Waals surface area contributed by atoms with E-state index in [-0.39, 0.29) is 17.0 Å². The summed E-state index contributed by atoms with van der Waals surface area (Å²) in [6, 6.07) is 4.15. The summed E-state index contributed by atoms with van der Waals surface area (Å²) in [5, 5.41) is 3.38. The maximum absolute atomic E-state index is 12.5. The minimum Gasteiger partial charge on any atom is -0.465 e. The largest absolute Gasteiger partial charge is 0.465 e. The highest BCUT2D eigenvalue weighted by atomic mass is 32.2. The van der Waals surface area contributed by atoms with E-state index in [4.69, 9.17) is 5.53 Å². The molecule has 0 aliphatic carbocycles. The molecular formula is C13H18N4O4S. The zero-order chi connectivity index (χ0) is 17.0. The lowest BCUT2D eigenvalue weighted by Gasteiger charge is -2.21. The molecule has 0 aromatic heterocycles. The molecule has 0 spiro atoms. The topological polar surface area (TPSA) is 121 Å². The Morgan fingerprint density at radius 2 is 2.05 bits per heavy atom. The van der Waals surface area contributed by atoms with E-state index in [1.165, 1.54) is 25.3 Å². The van der Waals surface area contributed by atoms with Crippen LogP contribution in [0.15, 0.2) is 28.2 Å². The molecule has 0 atom stereocenters. The molecule has 9 heteroatoms. The van der Waals surface area contributed by atoms with Crippen molar-refractivity contribution in [2.75, 3.05) is 7.11 Å². The van der Waals surface area contributed by atoms with Gasteiger partial charge in [-0.2, -0.15) is 0 Å². The van der Waals surface area contributed by atoms with E-state index in [0.29, 0.717) is 5.56 Å². The fourth-order valence-corrected chi connectivity index (χ4v) is 3.40. The summed E-state index contributed by atoms with van der Waals surface area (Å²) in [5.74, 6) is -0.760. The van der Waals surface area contributed by atoms with E-state index in [2.05, 4.69) is 19.5 Å². The van der Waals surface area contributed by atoms with Gasteiger partial charge in [0.15, 0.2) is 0 Å². The molecule has 0 amide bonds. The number of methoxy groups -OCH3 is 1. The number of azide groups is 1. The Hall–Kier alpha value is -2.09. The molecule has 0 unspecified atom stereocenters. The van der Waals surface area contributed by atoms with Crippen molar-refractivity contribution >= 4 is 16.0 Å². The number of carbonyl (C=O) groups excluding carboxylic acids is 1. The van der Waals surface area contributed by atoms with Crippen molar-refractivity contribution in [2.24, 2.45) is 5.11 Å². The second kappa shape index (κ2) is 6.78. The predicted molar refractivity (Wildman–Crippen MR) is 80.7 cm³/mol. The summed E-state index contributed by atoms with van der Waals surface area (Å²) in [4.78, 5) is 14.2. The third kappa shape index (κ3) is 4.73. The summed E-state index contributed by atoms with van der Waals surface area (Å²) in [7, 11) is -2.77. The number of nitrogens with one attached hydrogen (secondary N) is 1. The highest BCUT2D eigenvalue weighted by Gasteiger charge is 2.27. The molecule has 22 heavy (non-hydrogen) atoms. The van der Waals surface area contributed by atoms with Crippen molar-refractivity contribution in [3.63, 3.8) is 0 Å². The van der Waals surface area contributed by atoms with Gasteiger partial charge in [-0.05, 0) is 44.0 Å². The van der Waals surface area contributed by atoms with Crippen molar-refractivity contribution in [2.45, 2.75) is 37.8 Å². The summed E-state index contributed by atoms with van der Waals surface area (Å²) in [6.07, 6.45) is 0. The van der Waals surface area contributed by atoms with Crippen molar-refractivity contribution in [1.29, 1.82) is 0 Å². The first-order chi connectivity index (χ1) is 10.1. The van der Waals surface area contributed by atoms with Gasteiger partial charge in [-0.25, -0.2) is 17.9 Å². The van der Waals surface area contributed by atoms with Crippen molar-refractivity contribution in [1.82, 2.24) is 4.72 Å². The molecule has 0 fully saturated rings. The number of ether oxygens (including phenoxy) is 1. The molecule has 0 saturated carbocycles. The molecule has 0 bridgehead atoms. The van der Waals surface area contributed by atoms with Crippen molar-refractivity contribution in [3.05, 3.63) is 39.8 Å². The predicted octanol–water partition coefficient (Wildman–Crippen LogP) is 2.36. The quantitative estimate of drug-likeness (QED) is 0.386. The third-order valence-corrected chi connectivity index (χ3v) is 4.30. The Morgan fingerprint density at radius 1 is 1.41 bits per heavy atom. The fourth-order valence-electron chi connectivity index (χ4n) is 1.74. The SMILES string of the molecule is COC(=O)c1ccc(CN=[N+]=[N-])cc1S(=O)(=O)NC(C)(C)C. The number of hydrogen-bond acceptors (Lipinski definition) is 5. The smallest absolute Gasteiger partial charge is 0.339 e. The Labute approximate surface area is 129 Å². The van der Waals surface area contributed by atoms with Crippen LogP contribution in [0.25, 0.3) is 10.4 Å². The van der Waals surface area contributed by atoms with Gasteiger partial charge < -0.3 is 4.74 Å². The van der Waals surface area contributed by atoms with Gasteiger partial charge in [-0.15, -0.1) is 0 Å². The molecule has 0 radical (unpaired) electrons. The summed E-state index contributed by atoms with van der Waals surface area (Å²) in [6.45, 7) is 5.04. The maximum atomic E-state index is 12.5. The van der Waals surface area contributed by atoms with E-state index < -0.39 is 21.5 Å². The van der Waals surface area contributed by atoms with Crippen LogP contribution in [-0.4, -0.2) is 27.0 Å². The van der Waals surface area contributed by atoms with Crippen LogP contribution >= 0.6 is 0 Å². The number of rotatable bonds is 5. The van der Waals surface area contributed by atoms with Gasteiger partial charge in [0.25, 0.3) is 0 Å². The Kier molecular flexibility index (Phi) is 5.54. The van der Waals surface area contributed by atoms with Crippen LogP contribution in [0.2, 0.25) is 0 Å². The fraction of sp³-hybridized carbons (Fsp3) is 0.462. The van der Waals surface area contributed by atoms with E-state index in [1.54, 1.807) is 20.8 Å². The molecule has 1 N–H and O–H groups in total. The molecule has 0 aliphatic rings. The second-order valence-electron chi connectivity index (χ2n) is 5.57. The van der Waals surface area contributed by atoms with E-state index in [9.17, 15) is 13.2 Å². The number of benzene rings is 1. The lowest BCUT2D eigenvalue weighted by atomic mass is 10.1. The normalized spacial score (nSPS) is 11.6. The van der Waals surface area contributed by atoms with E-state index in [0.717, 1.165) is 0 Å². The first-order valence-corrected chi connectivity index (χ1v) is 7.85. The van der Waals surface area contributed by atoms with Gasteiger partial charge in [0.2, 0.25) is 10.0 Å². The Morgan fingerprint density at radius 3 is 2.55 bits per heavy atom. The van der Waals surface area contributed by atoms with Gasteiger partial charge in [-0.1, -0.05) is 11.2 Å². The highest BCUT2D eigenvalue weighted by molar-refractivity contribution is 7.89. The molecule has 1 rings (SSSR count). The number of esters is 1. The molecule has 0 saturated heterocycles. The summed E-state index contributed by atoms with van der Waals surface area (Å²) < 4.78 is 32.1. The molecule has 0 aliphatic heterocycles. The van der Waals surface area contributed by atoms with Crippen LogP contribution in [0.4, 0.5) is 0 Å². The number of carbonyl (C=O) groups is 1. The lowest BCUT2D eigenvalue weighted by molar-refractivity contribution is 0.0596. The molecular weight excluding hydrogens is 308 g/mol. The van der Waals surface area contributed by atoms with Gasteiger partial charge in [0.05, 0.1) is 24.1 Å². The van der Waals surface area contributed by atoms with Crippen LogP contribution in [0.3, 0.4) is 0 Å². The zero-order valence-corrected chi connectivity index (χ0v) is 13.6. The minimum atomic E-state index is -3.94. The zero-order valence-electron chi connectivity index (χ0n) is 12.8. The van der Waals surface area contributed by atoms with Gasteiger partial charge >= 0.3 is 5.97 Å². The molecule has 1 aromatic rings. The average molecular weight is 326 g/mol. The summed E-state index contributed by atoms with van der Waals surface area (Å²) in [5.41, 5.74) is 8.02. The lowest BCUT2D eigenvalue weighted by Crippen LogP contribution is -2.41. The number of sulfonamides is 1. The molecule has 8 nitrogen and oxygen atoms in total. The van der Waals surface area contributed by atoms with Crippen LogP contribution < -0.4 is 4.72 Å². The Bertz CT molecular complexity index is 716. The van der Waals surface area contributed by atoms with Crippen LogP contribution in [-0.2, 0) is 21.3 Å². The minimum absolute atomic E-state index is 0.0179. The highest BCUT2D eigenvalue weighted by Crippen LogP contribution is 2.21. The van der Waals surface area contributed by atoms with E-state index >= 15 is 0 Å². The third-order valence-electron chi connectivity index (χ3n) is 2.50. The van der Waals surface area contributed by atoms with Crippen molar-refractivity contribution < 1.29 is 17.9 Å². The molecule has 120 valence electrons. The number of nitrogens with zero attached hydrogens (tertiary/aromatic N) is 3. The first kappa shape index (κ1) is 18.0. The van der Waals surface area contributed by atoms with E-state index in [1.807, 2.05) is 0 Å². The van der Waals surface area contributed by atoms with Gasteiger partial charge in [-0.3, -0.25) is 0 Å². The maximum Gasteiger partial charge on any atom is 0.339 e. The van der Waals surface area contributed by atoms with Crippen molar-refractivity contribution in [3.8, 4) is 0 Å². The van der Waals surface area contributed by atoms with Crippen LogP contribution in [0, 0.1) is 0 Å². The van der Waals surface area contributed by atoms with Gasteiger partial charge in [0.1, 0.15) is 0 Å². The molecule has 1 aromatic carbocycles. The average Bonchev–Trinajstić information content (AvgIpc) is 2.41. The number of hydrogen-bond donors (Lipinski definition) is 1.